The fraction of sp³-hybridized carbons (Fsp3) is 0.857. The number of nitrogens with zero attached hydrogens (tertiary/aromatic N) is 1. The molecule has 0 radical (unpaired) electrons. The fourth-order valence-corrected chi connectivity index (χ4v) is 5.12. The van der Waals surface area contributed by atoms with Crippen molar-refractivity contribution in [2.45, 2.75) is 10.5 Å². The molecule has 0 rings (SSSR count). The Bertz CT molecular complexity index is 145. The fourth-order valence-electron chi connectivity index (χ4n) is 0.931. The Labute approximate surface area is 79.9 Å². The molecule has 0 bridgehead atoms. The molecule has 0 saturated heterocycles. The van der Waals surface area contributed by atoms with E-state index in [1.165, 1.54) is 0 Å². The zero-order valence-corrected chi connectivity index (χ0v) is 10.3. The summed E-state index contributed by atoms with van der Waals surface area (Å²) in [5.74, 6) is 0. The average Bonchev–Trinajstić information content (AvgIpc) is 2.14. The van der Waals surface area contributed by atoms with E-state index in [-0.39, 0.29) is 0 Å². The van der Waals surface area contributed by atoms with Crippen LogP contribution >= 0.6 is 0 Å². The molecule has 70 valence electrons. The Kier molecular flexibility index (Phi) is 6.88. The van der Waals surface area contributed by atoms with Crippen LogP contribution < -0.4 is 0 Å². The van der Waals surface area contributed by atoms with Crippen molar-refractivity contribution in [2.24, 2.45) is 0 Å². The molecule has 12 heavy (non-hydrogen) atoms. The molecule has 0 aromatic rings. The van der Waals surface area contributed by atoms with Crippen molar-refractivity contribution in [1.29, 1.82) is 0 Å². The van der Waals surface area contributed by atoms with Crippen LogP contribution in [0.5, 0.6) is 0 Å². The monoisotopic (exact) mass is 251 g/mol. The normalized spacial score (nSPS) is 11.2. The van der Waals surface area contributed by atoms with Crippen LogP contribution in [0.4, 0.5) is 0 Å². The van der Waals surface area contributed by atoms with Crippen molar-refractivity contribution in [3.05, 3.63) is 11.4 Å². The Hall–Kier alpha value is 0.253. The van der Waals surface area contributed by atoms with Gasteiger partial charge in [0.15, 0.2) is 0 Å². The minimum absolute atomic E-state index is 0.523. The van der Waals surface area contributed by atoms with E-state index < -0.39 is 21.6 Å². The van der Waals surface area contributed by atoms with Gasteiger partial charge in [0.2, 0.25) is 0 Å². The van der Waals surface area contributed by atoms with E-state index in [4.69, 9.17) is 15.0 Å². The van der Waals surface area contributed by atoms with Crippen LogP contribution in [0.15, 0.2) is 0 Å². The summed E-state index contributed by atoms with van der Waals surface area (Å²) >= 11 is -3.13. The molecule has 0 saturated carbocycles. The Morgan fingerprint density at radius 2 is 1.67 bits per heavy atom. The van der Waals surface area contributed by atoms with Gasteiger partial charge in [-0.05, 0) is 0 Å². The molecule has 5 heteroatoms. The zero-order chi connectivity index (χ0) is 9.45. The van der Waals surface area contributed by atoms with Crippen molar-refractivity contribution in [1.82, 2.24) is 0 Å². The average molecular weight is 252 g/mol. The van der Waals surface area contributed by atoms with Crippen molar-refractivity contribution in [2.75, 3.05) is 27.9 Å². The van der Waals surface area contributed by atoms with E-state index in [0.717, 1.165) is 10.5 Å². The van der Waals surface area contributed by atoms with E-state index in [0.29, 0.717) is 6.54 Å². The molecular weight excluding hydrogens is 237 g/mol. The SMILES string of the molecule is [C-]#[N+]CC[CH2][Zr]([O]C)([O]C)[O]C. The van der Waals surface area contributed by atoms with Crippen LogP contribution in [0.25, 0.3) is 4.85 Å². The van der Waals surface area contributed by atoms with Gasteiger partial charge in [-0.3, -0.25) is 0 Å². The zero-order valence-electron chi connectivity index (χ0n) is 7.79. The first-order valence-corrected chi connectivity index (χ1v) is 8.48. The number of hydrogen-bond acceptors (Lipinski definition) is 3. The summed E-state index contributed by atoms with van der Waals surface area (Å²) in [5.41, 5.74) is 0. The first-order valence-electron chi connectivity index (χ1n) is 3.73. The van der Waals surface area contributed by atoms with Gasteiger partial charge in [0.05, 0.1) is 0 Å². The van der Waals surface area contributed by atoms with Crippen LogP contribution in [-0.4, -0.2) is 27.9 Å². The standard InChI is InChI=1S/C4H6N.3CH3O.Zr/c1-3-4-5-2;3*1-2;/h1,3-4H2;3*1H3;/q;3*-1;+3. The molecule has 0 amide bonds. The topological polar surface area (TPSA) is 32.0 Å². The second-order valence-electron chi connectivity index (χ2n) is 2.28. The number of hydrogen-bond donors (Lipinski definition) is 0. The van der Waals surface area contributed by atoms with Crippen molar-refractivity contribution < 1.29 is 30.0 Å². The van der Waals surface area contributed by atoms with E-state index in [1.54, 1.807) is 21.3 Å². The summed E-state index contributed by atoms with van der Waals surface area (Å²) < 4.78 is 16.5. The van der Waals surface area contributed by atoms with Gasteiger partial charge in [-0.1, -0.05) is 0 Å². The number of rotatable bonds is 6. The third-order valence-corrected chi connectivity index (χ3v) is 8.65. The minimum atomic E-state index is -3.13. The Morgan fingerprint density at radius 1 is 1.17 bits per heavy atom. The van der Waals surface area contributed by atoms with Crippen LogP contribution in [0, 0.1) is 6.57 Å². The molecule has 0 aliphatic heterocycles. The molecule has 0 aliphatic rings. The van der Waals surface area contributed by atoms with E-state index in [1.807, 2.05) is 0 Å². The molecule has 0 aromatic heterocycles. The van der Waals surface area contributed by atoms with Crippen LogP contribution in [-0.2, 0) is 30.0 Å². The molecule has 0 heterocycles. The van der Waals surface area contributed by atoms with Crippen molar-refractivity contribution >= 4 is 0 Å². The van der Waals surface area contributed by atoms with Gasteiger partial charge in [-0.25, -0.2) is 0 Å². The van der Waals surface area contributed by atoms with Gasteiger partial charge in [-0.15, -0.1) is 0 Å². The van der Waals surface area contributed by atoms with Crippen LogP contribution in [0.2, 0.25) is 4.13 Å². The Morgan fingerprint density at radius 3 is 2.00 bits per heavy atom. The molecular formula is C7H15NO3Zr. The molecule has 0 atom stereocenters. The third kappa shape index (κ3) is 3.77. The molecule has 4 nitrogen and oxygen atoms in total. The van der Waals surface area contributed by atoms with Gasteiger partial charge in [0, 0.05) is 0 Å². The van der Waals surface area contributed by atoms with Gasteiger partial charge >= 0.3 is 79.9 Å². The molecule has 0 aliphatic carbocycles. The quantitative estimate of drug-likeness (QED) is 0.531. The van der Waals surface area contributed by atoms with Crippen molar-refractivity contribution in [3.63, 3.8) is 0 Å². The predicted molar refractivity (Wildman–Crippen MR) is 41.9 cm³/mol. The first kappa shape index (κ1) is 12.3. The van der Waals surface area contributed by atoms with E-state index >= 15 is 0 Å². The van der Waals surface area contributed by atoms with Gasteiger partial charge in [0.1, 0.15) is 0 Å². The summed E-state index contributed by atoms with van der Waals surface area (Å²) in [4.78, 5) is 3.26. The Balaban J connectivity index is 3.86. The van der Waals surface area contributed by atoms with Gasteiger partial charge in [0.25, 0.3) is 0 Å². The second-order valence-corrected chi connectivity index (χ2v) is 9.88. The molecule has 0 unspecified atom stereocenters. The van der Waals surface area contributed by atoms with Crippen LogP contribution in [0.1, 0.15) is 6.42 Å². The second kappa shape index (κ2) is 6.74. The van der Waals surface area contributed by atoms with Crippen LogP contribution in [0.3, 0.4) is 0 Å². The molecule has 0 N–H and O–H groups in total. The summed E-state index contributed by atoms with van der Waals surface area (Å²) in [5, 5.41) is 0. The summed E-state index contributed by atoms with van der Waals surface area (Å²) in [7, 11) is 4.84. The summed E-state index contributed by atoms with van der Waals surface area (Å²) in [6, 6.07) is 0. The maximum absolute atomic E-state index is 6.61. The first-order chi connectivity index (χ1) is 5.74. The summed E-state index contributed by atoms with van der Waals surface area (Å²) in [6.07, 6.45) is 0.801. The third-order valence-electron chi connectivity index (χ3n) is 1.69. The molecule has 0 spiro atoms. The van der Waals surface area contributed by atoms with E-state index in [9.17, 15) is 0 Å². The van der Waals surface area contributed by atoms with E-state index in [2.05, 4.69) is 4.85 Å². The van der Waals surface area contributed by atoms with Crippen molar-refractivity contribution in [3.8, 4) is 0 Å². The molecule has 0 aromatic carbocycles. The van der Waals surface area contributed by atoms with Gasteiger partial charge in [-0.2, -0.15) is 0 Å². The van der Waals surface area contributed by atoms with Gasteiger partial charge < -0.3 is 0 Å². The molecule has 0 fully saturated rings. The maximum atomic E-state index is 6.61. The predicted octanol–water partition coefficient (Wildman–Crippen LogP) is 1.55. The summed E-state index contributed by atoms with van der Waals surface area (Å²) in [6.45, 7) is 7.13.